The van der Waals surface area contributed by atoms with Crippen molar-refractivity contribution in [3.8, 4) is 0 Å². The molecule has 3 atom stereocenters. The van der Waals surface area contributed by atoms with Gasteiger partial charge in [-0.2, -0.15) is 0 Å². The first-order valence-electron chi connectivity index (χ1n) is 12.0. The molecule has 0 spiro atoms. The van der Waals surface area contributed by atoms with Gasteiger partial charge in [-0.25, -0.2) is 0 Å². The number of esters is 1. The fraction of sp³-hybridized carbons (Fsp3) is 0.444. The summed E-state index contributed by atoms with van der Waals surface area (Å²) in [5, 5.41) is 7.10. The lowest BCUT2D eigenvalue weighted by Gasteiger charge is -2.24. The number of Topliss-reactive ketones (excluding diaryl/α,β-unsaturated/α-hetero) is 1. The second-order valence-corrected chi connectivity index (χ2v) is 9.19. The van der Waals surface area contributed by atoms with Crippen LogP contribution in [0.1, 0.15) is 61.4 Å². The summed E-state index contributed by atoms with van der Waals surface area (Å²) < 4.78 is 5.33. The standard InChI is InChI=1S/C27H33ClN2O4/c1-2-3-11-24(29-17-19-13-15-21(28)16-14-19)26(32)30-23-12-7-10-22(23)27(33)34-18-25(31)20-8-5-4-6-9-20/h4-6,8-9,13-16,22-24,29H,2-3,7,10-12,17-18H2,1H3,(H,30,32)/t22-,23+,24+/m1/s1. The minimum Gasteiger partial charge on any atom is -0.457 e. The van der Waals surface area contributed by atoms with Gasteiger partial charge in [0.05, 0.1) is 12.0 Å². The molecule has 0 aliphatic heterocycles. The highest BCUT2D eigenvalue weighted by atomic mass is 35.5. The van der Waals surface area contributed by atoms with Crippen LogP contribution in [0.2, 0.25) is 5.02 Å². The highest BCUT2D eigenvalue weighted by molar-refractivity contribution is 6.30. The van der Waals surface area contributed by atoms with Gasteiger partial charge >= 0.3 is 5.97 Å². The Morgan fingerprint density at radius 3 is 2.50 bits per heavy atom. The number of ketones is 1. The number of benzene rings is 2. The molecule has 2 aromatic carbocycles. The Morgan fingerprint density at radius 2 is 1.79 bits per heavy atom. The van der Waals surface area contributed by atoms with Crippen molar-refractivity contribution in [2.24, 2.45) is 5.92 Å². The average molecular weight is 485 g/mol. The third-order valence-electron chi connectivity index (χ3n) is 6.22. The third kappa shape index (κ3) is 7.67. The first-order valence-corrected chi connectivity index (χ1v) is 12.4. The highest BCUT2D eigenvalue weighted by Crippen LogP contribution is 2.27. The molecule has 0 unspecified atom stereocenters. The summed E-state index contributed by atoms with van der Waals surface area (Å²) in [5.74, 6) is -1.20. The summed E-state index contributed by atoms with van der Waals surface area (Å²) >= 11 is 5.96. The van der Waals surface area contributed by atoms with E-state index in [1.165, 1.54) is 0 Å². The van der Waals surface area contributed by atoms with Gasteiger partial charge in [-0.1, -0.05) is 80.3 Å². The molecule has 0 heterocycles. The number of nitrogens with one attached hydrogen (secondary N) is 2. The number of carbonyl (C=O) groups is 3. The number of unbranched alkanes of at least 4 members (excludes halogenated alkanes) is 1. The van der Waals surface area contributed by atoms with Crippen LogP contribution in [0.5, 0.6) is 0 Å². The largest absolute Gasteiger partial charge is 0.457 e. The number of halogens is 1. The molecule has 0 bridgehead atoms. The first-order chi connectivity index (χ1) is 16.5. The Hall–Kier alpha value is -2.70. The molecule has 0 radical (unpaired) electrons. The molecule has 34 heavy (non-hydrogen) atoms. The molecule has 182 valence electrons. The number of carbonyl (C=O) groups excluding carboxylic acids is 3. The van der Waals surface area contributed by atoms with Crippen molar-refractivity contribution < 1.29 is 19.1 Å². The molecule has 0 aromatic heterocycles. The summed E-state index contributed by atoms with van der Waals surface area (Å²) in [6, 6.07) is 15.7. The third-order valence-corrected chi connectivity index (χ3v) is 6.47. The van der Waals surface area contributed by atoms with Crippen LogP contribution >= 0.6 is 11.6 Å². The molecule has 1 fully saturated rings. The maximum atomic E-state index is 13.1. The van der Waals surface area contributed by atoms with Crippen LogP contribution in [0.3, 0.4) is 0 Å². The molecule has 1 amide bonds. The molecule has 6 nitrogen and oxygen atoms in total. The van der Waals surface area contributed by atoms with E-state index in [4.69, 9.17) is 16.3 Å². The summed E-state index contributed by atoms with van der Waals surface area (Å²) in [5.41, 5.74) is 1.56. The minimum atomic E-state index is -0.435. The van der Waals surface area contributed by atoms with Crippen LogP contribution in [0, 0.1) is 5.92 Å². The predicted octanol–water partition coefficient (Wildman–Crippen LogP) is 4.70. The van der Waals surface area contributed by atoms with E-state index in [1.807, 2.05) is 30.3 Å². The lowest BCUT2D eigenvalue weighted by Crippen LogP contribution is -2.49. The van der Waals surface area contributed by atoms with Crippen LogP contribution in [0.25, 0.3) is 0 Å². The normalized spacial score (nSPS) is 18.3. The Kier molecular flexibility index (Phi) is 10.1. The maximum absolute atomic E-state index is 13.1. The first kappa shape index (κ1) is 25.9. The number of ether oxygens (including phenoxy) is 1. The van der Waals surface area contributed by atoms with Crippen molar-refractivity contribution in [3.05, 3.63) is 70.7 Å². The Bertz CT molecular complexity index is 949. The monoisotopic (exact) mass is 484 g/mol. The van der Waals surface area contributed by atoms with Crippen LogP contribution in [-0.2, 0) is 20.9 Å². The van der Waals surface area contributed by atoms with Gasteiger partial charge in [0.2, 0.25) is 5.91 Å². The van der Waals surface area contributed by atoms with Gasteiger partial charge in [0, 0.05) is 23.2 Å². The molecule has 2 N–H and O–H groups in total. The van der Waals surface area contributed by atoms with E-state index < -0.39 is 11.9 Å². The van der Waals surface area contributed by atoms with Gasteiger partial charge in [-0.3, -0.25) is 14.4 Å². The zero-order valence-corrected chi connectivity index (χ0v) is 20.4. The van der Waals surface area contributed by atoms with E-state index in [-0.39, 0.29) is 30.4 Å². The van der Waals surface area contributed by atoms with Crippen molar-refractivity contribution in [2.45, 2.75) is 64.1 Å². The van der Waals surface area contributed by atoms with Gasteiger partial charge in [0.25, 0.3) is 0 Å². The molecular formula is C27H33ClN2O4. The predicted molar refractivity (Wildman–Crippen MR) is 133 cm³/mol. The van der Waals surface area contributed by atoms with Crippen LogP contribution in [0.4, 0.5) is 0 Å². The molecule has 1 aliphatic rings. The van der Waals surface area contributed by atoms with E-state index in [0.717, 1.165) is 31.2 Å². The lowest BCUT2D eigenvalue weighted by atomic mass is 10.0. The van der Waals surface area contributed by atoms with Crippen LogP contribution in [-0.4, -0.2) is 36.4 Å². The topological polar surface area (TPSA) is 84.5 Å². The summed E-state index contributed by atoms with van der Waals surface area (Å²) in [6.45, 7) is 2.35. The number of amides is 1. The number of rotatable bonds is 12. The number of hydrogen-bond donors (Lipinski definition) is 2. The summed E-state index contributed by atoms with van der Waals surface area (Å²) in [7, 11) is 0. The van der Waals surface area contributed by atoms with Crippen LogP contribution < -0.4 is 10.6 Å². The quantitative estimate of drug-likeness (QED) is 0.337. The average Bonchev–Trinajstić information content (AvgIpc) is 3.32. The van der Waals surface area contributed by atoms with Gasteiger partial charge in [0.15, 0.2) is 12.4 Å². The van der Waals surface area contributed by atoms with E-state index in [0.29, 0.717) is 30.0 Å². The molecule has 1 aliphatic carbocycles. The number of hydrogen-bond acceptors (Lipinski definition) is 5. The summed E-state index contributed by atoms with van der Waals surface area (Å²) in [6.07, 6.45) is 4.80. The molecule has 7 heteroatoms. The maximum Gasteiger partial charge on any atom is 0.311 e. The molecule has 3 rings (SSSR count). The van der Waals surface area contributed by atoms with E-state index >= 15 is 0 Å². The Labute approximate surface area is 206 Å². The molecule has 1 saturated carbocycles. The van der Waals surface area contributed by atoms with Gasteiger partial charge in [-0.05, 0) is 37.0 Å². The van der Waals surface area contributed by atoms with Gasteiger partial charge in [0.1, 0.15) is 0 Å². The zero-order valence-electron chi connectivity index (χ0n) is 19.6. The van der Waals surface area contributed by atoms with Crippen molar-refractivity contribution in [2.75, 3.05) is 6.61 Å². The SMILES string of the molecule is CCCC[C@H](NCc1ccc(Cl)cc1)C(=O)N[C@H]1CCC[C@H]1C(=O)OCC(=O)c1ccccc1. The van der Waals surface area contributed by atoms with Crippen LogP contribution in [0.15, 0.2) is 54.6 Å². The fourth-order valence-corrected chi connectivity index (χ4v) is 4.35. The van der Waals surface area contributed by atoms with Gasteiger partial charge < -0.3 is 15.4 Å². The molecular weight excluding hydrogens is 452 g/mol. The second kappa shape index (κ2) is 13.3. The van der Waals surface area contributed by atoms with E-state index in [1.54, 1.807) is 24.3 Å². The van der Waals surface area contributed by atoms with E-state index in [9.17, 15) is 14.4 Å². The Balaban J connectivity index is 1.53. The van der Waals surface area contributed by atoms with Crippen molar-refractivity contribution >= 4 is 29.3 Å². The fourth-order valence-electron chi connectivity index (χ4n) is 4.23. The van der Waals surface area contributed by atoms with Crippen molar-refractivity contribution in [1.29, 1.82) is 0 Å². The van der Waals surface area contributed by atoms with Crippen molar-refractivity contribution in [1.82, 2.24) is 10.6 Å². The Morgan fingerprint density at radius 1 is 1.06 bits per heavy atom. The molecule has 2 aromatic rings. The highest BCUT2D eigenvalue weighted by Gasteiger charge is 2.36. The summed E-state index contributed by atoms with van der Waals surface area (Å²) in [4.78, 5) is 38.1. The zero-order chi connectivity index (χ0) is 24.3. The second-order valence-electron chi connectivity index (χ2n) is 8.75. The van der Waals surface area contributed by atoms with Crippen molar-refractivity contribution in [3.63, 3.8) is 0 Å². The van der Waals surface area contributed by atoms with Gasteiger partial charge in [-0.15, -0.1) is 0 Å². The minimum absolute atomic E-state index is 0.104. The molecule has 0 saturated heterocycles. The lowest BCUT2D eigenvalue weighted by molar-refractivity contribution is -0.148. The van der Waals surface area contributed by atoms with E-state index in [2.05, 4.69) is 17.6 Å². The smallest absolute Gasteiger partial charge is 0.311 e.